The fraction of sp³-hybridized carbons (Fsp3) is 0.310. The van der Waals surface area contributed by atoms with E-state index in [-0.39, 0.29) is 22.5 Å². The van der Waals surface area contributed by atoms with E-state index in [0.29, 0.717) is 23.1 Å². The maximum atomic E-state index is 14.6. The summed E-state index contributed by atoms with van der Waals surface area (Å²) in [5.41, 5.74) is 2.31. The number of benzene rings is 1. The van der Waals surface area contributed by atoms with Crippen LogP contribution in [0.15, 0.2) is 59.8 Å². The molecule has 3 aromatic heterocycles. The third-order valence-corrected chi connectivity index (χ3v) is 6.92. The van der Waals surface area contributed by atoms with Crippen LogP contribution in [0.25, 0.3) is 11.3 Å². The van der Waals surface area contributed by atoms with Gasteiger partial charge in [0.05, 0.1) is 23.3 Å². The quantitative estimate of drug-likeness (QED) is 0.316. The fourth-order valence-electron chi connectivity index (χ4n) is 4.59. The average Bonchev–Trinajstić information content (AvgIpc) is 3.37. The van der Waals surface area contributed by atoms with Gasteiger partial charge in [0.15, 0.2) is 0 Å². The van der Waals surface area contributed by atoms with Crippen LogP contribution in [0, 0.1) is 5.82 Å². The van der Waals surface area contributed by atoms with Gasteiger partial charge in [0.25, 0.3) is 11.5 Å². The number of likely N-dealkylation sites (tertiary alicyclic amines) is 1. The molecule has 206 valence electrons. The monoisotopic (exact) mass is 542 g/mol. The Bertz CT molecular complexity index is 1580. The molecule has 10 nitrogen and oxygen atoms in total. The van der Waals surface area contributed by atoms with Crippen molar-refractivity contribution in [1.82, 2.24) is 30.0 Å². The molecule has 1 atom stereocenters. The highest BCUT2D eigenvalue weighted by Crippen LogP contribution is 2.30. The summed E-state index contributed by atoms with van der Waals surface area (Å²) in [5, 5.41) is 12.2. The number of hydrogen-bond donors (Lipinski definition) is 3. The maximum Gasteiger partial charge on any atom is 0.287 e. The minimum Gasteiger partial charge on any atom is -0.336 e. The molecule has 4 heterocycles. The summed E-state index contributed by atoms with van der Waals surface area (Å²) in [6.45, 7) is 7.04. The maximum absolute atomic E-state index is 14.6. The van der Waals surface area contributed by atoms with Gasteiger partial charge in [-0.3, -0.25) is 19.5 Å². The smallest absolute Gasteiger partial charge is 0.287 e. The Morgan fingerprint density at radius 2 is 1.88 bits per heavy atom. The summed E-state index contributed by atoms with van der Waals surface area (Å²) in [6.07, 6.45) is 6.97. The van der Waals surface area contributed by atoms with Crippen molar-refractivity contribution in [3.8, 4) is 11.3 Å². The van der Waals surface area contributed by atoms with Gasteiger partial charge in [0.2, 0.25) is 0 Å². The lowest BCUT2D eigenvalue weighted by Crippen LogP contribution is -2.18. The molecule has 3 N–H and O–H groups in total. The number of amides is 1. The SMILES string of the molecule is CN1CCCC1c1ccc(Nc2cc(-c3ccc(F)c(NC(=O)c4cnc(C(C)(C)C)cn4)c3)n[nH]c2=O)nc1. The lowest BCUT2D eigenvalue weighted by molar-refractivity contribution is 0.102. The molecular formula is C29H31FN8O2. The summed E-state index contributed by atoms with van der Waals surface area (Å²) in [4.78, 5) is 40.5. The Morgan fingerprint density at radius 1 is 1.05 bits per heavy atom. The van der Waals surface area contributed by atoms with Crippen LogP contribution in [0.3, 0.4) is 0 Å². The molecule has 11 heteroatoms. The van der Waals surface area contributed by atoms with E-state index in [2.05, 4.69) is 47.7 Å². The van der Waals surface area contributed by atoms with Crippen LogP contribution in [0.4, 0.5) is 21.6 Å². The molecule has 0 bridgehead atoms. The Kier molecular flexibility index (Phi) is 7.40. The van der Waals surface area contributed by atoms with E-state index in [1.54, 1.807) is 6.07 Å². The molecule has 40 heavy (non-hydrogen) atoms. The molecule has 0 radical (unpaired) electrons. The topological polar surface area (TPSA) is 129 Å². The van der Waals surface area contributed by atoms with Crippen molar-refractivity contribution >= 4 is 23.1 Å². The van der Waals surface area contributed by atoms with Gasteiger partial charge in [0.1, 0.15) is 23.0 Å². The minimum absolute atomic E-state index is 0.0548. The van der Waals surface area contributed by atoms with Crippen LogP contribution in [-0.4, -0.2) is 49.5 Å². The van der Waals surface area contributed by atoms with E-state index in [1.165, 1.54) is 30.6 Å². The fourth-order valence-corrected chi connectivity index (χ4v) is 4.59. The molecule has 1 fully saturated rings. The first-order valence-electron chi connectivity index (χ1n) is 13.1. The van der Waals surface area contributed by atoms with Crippen LogP contribution >= 0.6 is 0 Å². The predicted octanol–water partition coefficient (Wildman–Crippen LogP) is 4.82. The van der Waals surface area contributed by atoms with Gasteiger partial charge in [-0.1, -0.05) is 26.8 Å². The van der Waals surface area contributed by atoms with Gasteiger partial charge in [-0.15, -0.1) is 0 Å². The Morgan fingerprint density at radius 3 is 2.52 bits per heavy atom. The average molecular weight is 543 g/mol. The van der Waals surface area contributed by atoms with E-state index in [4.69, 9.17) is 0 Å². The third kappa shape index (κ3) is 5.89. The molecule has 1 aromatic carbocycles. The molecular weight excluding hydrogens is 511 g/mol. The first-order chi connectivity index (χ1) is 19.1. The number of halogens is 1. The number of carbonyl (C=O) groups is 1. The summed E-state index contributed by atoms with van der Waals surface area (Å²) in [5.74, 6) is -0.715. The summed E-state index contributed by atoms with van der Waals surface area (Å²) in [6, 6.07) is 9.92. The number of nitrogens with one attached hydrogen (secondary N) is 3. The van der Waals surface area contributed by atoms with Gasteiger partial charge in [-0.25, -0.2) is 19.5 Å². The van der Waals surface area contributed by atoms with E-state index >= 15 is 0 Å². The number of aromatic amines is 1. The first-order valence-corrected chi connectivity index (χ1v) is 13.1. The predicted molar refractivity (Wildman–Crippen MR) is 151 cm³/mol. The normalized spacial score (nSPS) is 15.7. The van der Waals surface area contributed by atoms with Crippen molar-refractivity contribution in [2.45, 2.75) is 45.1 Å². The molecule has 1 aliphatic rings. The third-order valence-electron chi connectivity index (χ3n) is 6.92. The molecule has 1 unspecified atom stereocenters. The second kappa shape index (κ2) is 10.9. The number of carbonyl (C=O) groups excluding carboxylic acids is 1. The zero-order valence-corrected chi connectivity index (χ0v) is 22.8. The highest BCUT2D eigenvalue weighted by atomic mass is 19.1. The van der Waals surface area contributed by atoms with Gasteiger partial charge < -0.3 is 10.6 Å². The molecule has 1 amide bonds. The van der Waals surface area contributed by atoms with Gasteiger partial charge in [-0.05, 0) is 62.3 Å². The van der Waals surface area contributed by atoms with Crippen molar-refractivity contribution in [1.29, 1.82) is 0 Å². The second-order valence-corrected chi connectivity index (χ2v) is 10.9. The van der Waals surface area contributed by atoms with Crippen LogP contribution in [0.1, 0.15) is 61.4 Å². The highest BCUT2D eigenvalue weighted by molar-refractivity contribution is 6.03. The number of anilines is 3. The van der Waals surface area contributed by atoms with Gasteiger partial charge in [0, 0.05) is 29.4 Å². The van der Waals surface area contributed by atoms with Crippen molar-refractivity contribution in [3.63, 3.8) is 0 Å². The zero-order valence-electron chi connectivity index (χ0n) is 22.8. The molecule has 5 rings (SSSR count). The first kappa shape index (κ1) is 27.1. The van der Waals surface area contributed by atoms with E-state index in [0.717, 1.165) is 30.6 Å². The molecule has 4 aromatic rings. The van der Waals surface area contributed by atoms with Crippen LogP contribution in [-0.2, 0) is 5.41 Å². The molecule has 0 spiro atoms. The summed E-state index contributed by atoms with van der Waals surface area (Å²) in [7, 11) is 2.10. The number of rotatable bonds is 6. The van der Waals surface area contributed by atoms with Crippen molar-refractivity contribution < 1.29 is 9.18 Å². The van der Waals surface area contributed by atoms with Crippen LogP contribution in [0.5, 0.6) is 0 Å². The van der Waals surface area contributed by atoms with Crippen LogP contribution < -0.4 is 16.2 Å². The zero-order chi connectivity index (χ0) is 28.4. The molecule has 1 aliphatic heterocycles. The minimum atomic E-state index is -0.628. The summed E-state index contributed by atoms with van der Waals surface area (Å²) >= 11 is 0. The molecule has 1 saturated heterocycles. The number of nitrogens with zero attached hydrogens (tertiary/aromatic N) is 5. The largest absolute Gasteiger partial charge is 0.336 e. The van der Waals surface area contributed by atoms with Crippen molar-refractivity contribution in [3.05, 3.63) is 88.1 Å². The van der Waals surface area contributed by atoms with Crippen molar-refractivity contribution in [2.75, 3.05) is 24.2 Å². The Hall–Kier alpha value is -4.51. The highest BCUT2D eigenvalue weighted by Gasteiger charge is 2.23. The Balaban J connectivity index is 1.34. The second-order valence-electron chi connectivity index (χ2n) is 10.9. The number of pyridine rings is 1. The number of H-pyrrole nitrogens is 1. The van der Waals surface area contributed by atoms with Gasteiger partial charge in [-0.2, -0.15) is 5.10 Å². The van der Waals surface area contributed by atoms with E-state index in [1.807, 2.05) is 39.1 Å². The van der Waals surface area contributed by atoms with Crippen molar-refractivity contribution in [2.24, 2.45) is 0 Å². The summed E-state index contributed by atoms with van der Waals surface area (Å²) < 4.78 is 14.6. The molecule has 0 saturated carbocycles. The standard InChI is InChI=1S/C29H31FN8O2/c1-29(2,3)25-16-31-23(15-32-25)27(39)35-21-12-17(7-9-19(21)30)20-13-22(28(40)37-36-20)34-26-10-8-18(14-33-26)24-6-5-11-38(24)4/h7-10,12-16,24H,5-6,11H2,1-4H3,(H,35,39)(H,37,40)(H,33,34,36). The number of aromatic nitrogens is 5. The van der Waals surface area contributed by atoms with E-state index < -0.39 is 17.3 Å². The Labute approximate surface area is 231 Å². The lowest BCUT2D eigenvalue weighted by Gasteiger charge is -2.19. The van der Waals surface area contributed by atoms with Gasteiger partial charge >= 0.3 is 0 Å². The molecule has 0 aliphatic carbocycles. The van der Waals surface area contributed by atoms with E-state index in [9.17, 15) is 14.0 Å². The lowest BCUT2D eigenvalue weighted by atomic mass is 9.93. The number of hydrogen-bond acceptors (Lipinski definition) is 8. The van der Waals surface area contributed by atoms with Crippen LogP contribution in [0.2, 0.25) is 0 Å².